The zero-order valence-electron chi connectivity index (χ0n) is 11.1. The molecule has 0 fully saturated rings. The lowest BCUT2D eigenvalue weighted by Crippen LogP contribution is -2.15. The molecule has 0 aliphatic carbocycles. The second-order valence-electron chi connectivity index (χ2n) is 4.58. The minimum absolute atomic E-state index is 0.0955. The van der Waals surface area contributed by atoms with Crippen molar-refractivity contribution in [1.82, 2.24) is 4.98 Å². The summed E-state index contributed by atoms with van der Waals surface area (Å²) in [6.07, 6.45) is 3.31. The Labute approximate surface area is 121 Å². The topological polar surface area (TPSA) is 42.0 Å². The van der Waals surface area contributed by atoms with Gasteiger partial charge in [-0.15, -0.1) is 0 Å². The number of aryl methyl sites for hydroxylation is 3. The third-order valence-corrected chi connectivity index (χ3v) is 3.56. The number of hydrogen-bond acceptors (Lipinski definition) is 2. The van der Waals surface area contributed by atoms with Crippen LogP contribution in [0, 0.1) is 20.8 Å². The van der Waals surface area contributed by atoms with Crippen LogP contribution in [0.2, 0.25) is 0 Å². The maximum Gasteiger partial charge on any atom is 0.256 e. The van der Waals surface area contributed by atoms with E-state index in [0.717, 1.165) is 32.4 Å². The van der Waals surface area contributed by atoms with Crippen molar-refractivity contribution in [2.45, 2.75) is 20.8 Å². The number of hydrogen-bond donors (Lipinski definition) is 1. The lowest BCUT2D eigenvalue weighted by Gasteiger charge is -2.12. The van der Waals surface area contributed by atoms with Gasteiger partial charge in [-0.3, -0.25) is 9.78 Å². The summed E-state index contributed by atoms with van der Waals surface area (Å²) in [6, 6.07) is 5.80. The number of benzene rings is 1. The highest BCUT2D eigenvalue weighted by atomic mass is 79.9. The van der Waals surface area contributed by atoms with Crippen LogP contribution < -0.4 is 5.32 Å². The van der Waals surface area contributed by atoms with Crippen LogP contribution in [-0.4, -0.2) is 10.9 Å². The molecule has 0 spiro atoms. The van der Waals surface area contributed by atoms with Crippen molar-refractivity contribution in [3.05, 3.63) is 57.3 Å². The number of halogens is 1. The first-order valence-corrected chi connectivity index (χ1v) is 6.77. The van der Waals surface area contributed by atoms with Crippen molar-refractivity contribution in [2.24, 2.45) is 0 Å². The van der Waals surface area contributed by atoms with Crippen molar-refractivity contribution < 1.29 is 4.79 Å². The second-order valence-corrected chi connectivity index (χ2v) is 5.44. The first kappa shape index (κ1) is 13.7. The predicted molar refractivity (Wildman–Crippen MR) is 80.5 cm³/mol. The molecule has 1 aromatic heterocycles. The number of carbonyl (C=O) groups is 1. The Kier molecular flexibility index (Phi) is 4.00. The molecule has 0 radical (unpaired) electrons. The SMILES string of the molecule is Cc1cc(C)c(C(=O)Nc2ccncc2Br)c(C)c1. The van der Waals surface area contributed by atoms with Crippen LogP contribution in [0.5, 0.6) is 0 Å². The van der Waals surface area contributed by atoms with Crippen molar-refractivity contribution in [1.29, 1.82) is 0 Å². The zero-order chi connectivity index (χ0) is 14.0. The molecule has 0 saturated carbocycles. The molecular formula is C15H15BrN2O. The van der Waals surface area contributed by atoms with E-state index in [9.17, 15) is 4.79 Å². The smallest absolute Gasteiger partial charge is 0.256 e. The number of anilines is 1. The molecule has 3 nitrogen and oxygen atoms in total. The molecule has 2 aromatic rings. The summed E-state index contributed by atoms with van der Waals surface area (Å²) in [6.45, 7) is 5.94. The molecule has 4 heteroatoms. The average molecular weight is 319 g/mol. The number of pyridine rings is 1. The van der Waals surface area contributed by atoms with Gasteiger partial charge < -0.3 is 5.32 Å². The molecule has 0 aliphatic rings. The lowest BCUT2D eigenvalue weighted by atomic mass is 9.99. The van der Waals surface area contributed by atoms with Crippen molar-refractivity contribution >= 4 is 27.5 Å². The van der Waals surface area contributed by atoms with E-state index in [1.54, 1.807) is 18.5 Å². The second kappa shape index (κ2) is 5.53. The molecule has 0 bridgehead atoms. The van der Waals surface area contributed by atoms with E-state index in [4.69, 9.17) is 0 Å². The quantitative estimate of drug-likeness (QED) is 0.908. The molecular weight excluding hydrogens is 304 g/mol. The highest BCUT2D eigenvalue weighted by molar-refractivity contribution is 9.10. The fourth-order valence-corrected chi connectivity index (χ4v) is 2.55. The van der Waals surface area contributed by atoms with Gasteiger partial charge in [0.05, 0.1) is 10.2 Å². The maximum absolute atomic E-state index is 12.4. The summed E-state index contributed by atoms with van der Waals surface area (Å²) in [5, 5.41) is 2.90. The van der Waals surface area contributed by atoms with Gasteiger partial charge in [-0.1, -0.05) is 17.7 Å². The van der Waals surface area contributed by atoms with Gasteiger partial charge >= 0.3 is 0 Å². The van der Waals surface area contributed by atoms with Gasteiger partial charge in [-0.2, -0.15) is 0 Å². The largest absolute Gasteiger partial charge is 0.321 e. The van der Waals surface area contributed by atoms with Crippen LogP contribution in [-0.2, 0) is 0 Å². The first-order valence-electron chi connectivity index (χ1n) is 5.97. The standard InChI is InChI=1S/C15H15BrN2O/c1-9-6-10(2)14(11(3)7-9)15(19)18-13-4-5-17-8-12(13)16/h4-8H,1-3H3,(H,17,18,19). The molecule has 1 heterocycles. The number of nitrogens with zero attached hydrogens (tertiary/aromatic N) is 1. The molecule has 98 valence electrons. The van der Waals surface area contributed by atoms with Crippen molar-refractivity contribution in [2.75, 3.05) is 5.32 Å². The minimum Gasteiger partial charge on any atom is -0.321 e. The molecule has 0 unspecified atom stereocenters. The normalized spacial score (nSPS) is 10.3. The summed E-state index contributed by atoms with van der Waals surface area (Å²) in [4.78, 5) is 16.3. The Hall–Kier alpha value is -1.68. The number of aromatic nitrogens is 1. The molecule has 0 aliphatic heterocycles. The van der Waals surface area contributed by atoms with Gasteiger partial charge in [0.15, 0.2) is 0 Å². The molecule has 0 saturated heterocycles. The van der Waals surface area contributed by atoms with Crippen LogP contribution in [0.1, 0.15) is 27.0 Å². The van der Waals surface area contributed by atoms with Crippen LogP contribution in [0.15, 0.2) is 35.1 Å². The van der Waals surface area contributed by atoms with Crippen LogP contribution in [0.3, 0.4) is 0 Å². The van der Waals surface area contributed by atoms with E-state index >= 15 is 0 Å². The highest BCUT2D eigenvalue weighted by Crippen LogP contribution is 2.23. The van der Waals surface area contributed by atoms with Gasteiger partial charge in [-0.25, -0.2) is 0 Å². The van der Waals surface area contributed by atoms with E-state index in [0.29, 0.717) is 0 Å². The van der Waals surface area contributed by atoms with E-state index in [-0.39, 0.29) is 5.91 Å². The van der Waals surface area contributed by atoms with Gasteiger partial charge in [0.2, 0.25) is 0 Å². The van der Waals surface area contributed by atoms with E-state index in [2.05, 4.69) is 26.2 Å². The summed E-state index contributed by atoms with van der Waals surface area (Å²) in [5.74, 6) is -0.0955. The van der Waals surface area contributed by atoms with Crippen LogP contribution in [0.4, 0.5) is 5.69 Å². The van der Waals surface area contributed by atoms with Crippen LogP contribution >= 0.6 is 15.9 Å². The number of carbonyl (C=O) groups excluding carboxylic acids is 1. The molecule has 19 heavy (non-hydrogen) atoms. The first-order chi connectivity index (χ1) is 8.99. The third kappa shape index (κ3) is 3.01. The minimum atomic E-state index is -0.0955. The average Bonchev–Trinajstić information content (AvgIpc) is 2.30. The Morgan fingerprint density at radius 3 is 2.42 bits per heavy atom. The fraction of sp³-hybridized carbons (Fsp3) is 0.200. The van der Waals surface area contributed by atoms with Gasteiger partial charge in [0.1, 0.15) is 0 Å². The lowest BCUT2D eigenvalue weighted by molar-refractivity contribution is 0.102. The molecule has 1 aromatic carbocycles. The summed E-state index contributed by atoms with van der Waals surface area (Å²) < 4.78 is 0.769. The number of amides is 1. The summed E-state index contributed by atoms with van der Waals surface area (Å²) >= 11 is 3.37. The maximum atomic E-state index is 12.4. The molecule has 0 atom stereocenters. The van der Waals surface area contributed by atoms with E-state index < -0.39 is 0 Å². The highest BCUT2D eigenvalue weighted by Gasteiger charge is 2.13. The van der Waals surface area contributed by atoms with Crippen molar-refractivity contribution in [3.8, 4) is 0 Å². The molecule has 1 N–H and O–H groups in total. The Balaban J connectivity index is 2.34. The Morgan fingerprint density at radius 2 is 1.84 bits per heavy atom. The predicted octanol–water partition coefficient (Wildman–Crippen LogP) is 4.02. The molecule has 1 amide bonds. The fourth-order valence-electron chi connectivity index (χ4n) is 2.20. The summed E-state index contributed by atoms with van der Waals surface area (Å²) in [7, 11) is 0. The van der Waals surface area contributed by atoms with Crippen LogP contribution in [0.25, 0.3) is 0 Å². The van der Waals surface area contributed by atoms with E-state index in [1.165, 1.54) is 0 Å². The Bertz CT molecular complexity index is 615. The molecule has 2 rings (SSSR count). The number of nitrogens with one attached hydrogen (secondary N) is 1. The van der Waals surface area contributed by atoms with Gasteiger partial charge in [0.25, 0.3) is 5.91 Å². The van der Waals surface area contributed by atoms with Crippen molar-refractivity contribution in [3.63, 3.8) is 0 Å². The Morgan fingerprint density at radius 1 is 1.21 bits per heavy atom. The van der Waals surface area contributed by atoms with Gasteiger partial charge in [0, 0.05) is 18.0 Å². The van der Waals surface area contributed by atoms with Gasteiger partial charge in [-0.05, 0) is 53.9 Å². The zero-order valence-corrected chi connectivity index (χ0v) is 12.7. The monoisotopic (exact) mass is 318 g/mol. The van der Waals surface area contributed by atoms with E-state index in [1.807, 2.05) is 32.9 Å². The third-order valence-electron chi connectivity index (χ3n) is 2.92. The number of rotatable bonds is 2. The summed E-state index contributed by atoms with van der Waals surface area (Å²) in [5.41, 5.74) is 4.59.